The molecule has 9 heteroatoms. The van der Waals surface area contributed by atoms with Crippen LogP contribution in [0.4, 0.5) is 0 Å². The SMILES string of the molecule is C[N+](C)(C)CCO.Cl.O=C(O)C(O)C(O)C(=O)O. The standard InChI is InChI=1S/C5H14NO.C4H6O6.ClH/c1-6(2,3)4-5-7;5-1(3(7)8)2(6)4(9)10;/h7H,4-5H2,1-3H3;1-2,5-6H,(H,7,8)(H,9,10);1H/q+1;;. The highest BCUT2D eigenvalue weighted by Crippen LogP contribution is 1.92. The van der Waals surface area contributed by atoms with Crippen molar-refractivity contribution in [2.75, 3.05) is 34.3 Å². The predicted molar refractivity (Wildman–Crippen MR) is 64.5 cm³/mol. The molecular formula is C9H21ClNO7+. The van der Waals surface area contributed by atoms with Crippen molar-refractivity contribution >= 4 is 24.3 Å². The molecule has 8 nitrogen and oxygen atoms in total. The molecule has 18 heavy (non-hydrogen) atoms. The number of carboxylic acids is 2. The van der Waals surface area contributed by atoms with Crippen molar-refractivity contribution < 1.29 is 39.6 Å². The van der Waals surface area contributed by atoms with Crippen molar-refractivity contribution in [1.29, 1.82) is 0 Å². The summed E-state index contributed by atoms with van der Waals surface area (Å²) in [6.07, 6.45) is -4.53. The first-order valence-electron chi connectivity index (χ1n) is 4.76. The number of rotatable bonds is 5. The zero-order valence-electron chi connectivity index (χ0n) is 10.5. The molecule has 0 aliphatic heterocycles. The highest BCUT2D eigenvalue weighted by atomic mass is 35.5. The number of hydrogen-bond donors (Lipinski definition) is 5. The first-order valence-corrected chi connectivity index (χ1v) is 4.76. The molecule has 0 saturated heterocycles. The van der Waals surface area contributed by atoms with Crippen LogP contribution in [0.15, 0.2) is 0 Å². The number of aliphatic hydroxyl groups is 3. The molecule has 0 radical (unpaired) electrons. The van der Waals surface area contributed by atoms with Crippen LogP contribution in [0.25, 0.3) is 0 Å². The lowest BCUT2D eigenvalue weighted by atomic mass is 10.2. The van der Waals surface area contributed by atoms with Gasteiger partial charge in [0.1, 0.15) is 6.54 Å². The summed E-state index contributed by atoms with van der Waals surface area (Å²) in [5.41, 5.74) is 0. The Balaban J connectivity index is -0.000000251. The van der Waals surface area contributed by atoms with Crippen LogP contribution in [-0.4, -0.2) is 88.5 Å². The highest BCUT2D eigenvalue weighted by molar-refractivity contribution is 5.85. The lowest BCUT2D eigenvalue weighted by molar-refractivity contribution is -0.870. The Bertz CT molecular complexity index is 236. The number of nitrogens with zero attached hydrogens (tertiary/aromatic N) is 1. The van der Waals surface area contributed by atoms with Gasteiger partial charge in [-0.3, -0.25) is 0 Å². The molecule has 0 aliphatic carbocycles. The quantitative estimate of drug-likeness (QED) is 0.369. The van der Waals surface area contributed by atoms with Gasteiger partial charge in [0.25, 0.3) is 0 Å². The predicted octanol–water partition coefficient (Wildman–Crippen LogP) is -2.02. The van der Waals surface area contributed by atoms with Crippen LogP contribution in [0.3, 0.4) is 0 Å². The van der Waals surface area contributed by atoms with Gasteiger partial charge in [-0.25, -0.2) is 9.59 Å². The number of quaternary nitrogens is 1. The van der Waals surface area contributed by atoms with E-state index in [1.807, 2.05) is 0 Å². The molecule has 5 N–H and O–H groups in total. The van der Waals surface area contributed by atoms with Crippen LogP contribution in [0.1, 0.15) is 0 Å². The second-order valence-electron chi connectivity index (χ2n) is 4.30. The normalized spacial score (nSPS) is 13.4. The van der Waals surface area contributed by atoms with Gasteiger partial charge in [-0.05, 0) is 0 Å². The van der Waals surface area contributed by atoms with Crippen LogP contribution in [-0.2, 0) is 9.59 Å². The van der Waals surface area contributed by atoms with Crippen LogP contribution < -0.4 is 0 Å². The Morgan fingerprint density at radius 2 is 1.28 bits per heavy atom. The maximum atomic E-state index is 9.77. The molecule has 0 bridgehead atoms. The molecule has 2 unspecified atom stereocenters. The van der Waals surface area contributed by atoms with E-state index in [1.54, 1.807) is 0 Å². The Morgan fingerprint density at radius 3 is 1.33 bits per heavy atom. The molecule has 0 amide bonds. The molecule has 0 aliphatic rings. The van der Waals surface area contributed by atoms with Crippen molar-refractivity contribution in [3.05, 3.63) is 0 Å². The van der Waals surface area contributed by atoms with Gasteiger partial charge >= 0.3 is 11.9 Å². The first-order chi connectivity index (χ1) is 7.52. The summed E-state index contributed by atoms with van der Waals surface area (Å²) in [5, 5.41) is 40.9. The minimum absolute atomic E-state index is 0. The lowest BCUT2D eigenvalue weighted by Crippen LogP contribution is -2.39. The van der Waals surface area contributed by atoms with E-state index >= 15 is 0 Å². The number of hydrogen-bond acceptors (Lipinski definition) is 5. The molecule has 110 valence electrons. The van der Waals surface area contributed by atoms with Gasteiger partial charge in [-0.15, -0.1) is 12.4 Å². The summed E-state index contributed by atoms with van der Waals surface area (Å²) >= 11 is 0. The smallest absolute Gasteiger partial charge is 0.335 e. The minimum Gasteiger partial charge on any atom is -0.479 e. The van der Waals surface area contributed by atoms with E-state index in [9.17, 15) is 9.59 Å². The fourth-order valence-electron chi connectivity index (χ4n) is 0.570. The number of carbonyl (C=O) groups is 2. The van der Waals surface area contributed by atoms with Gasteiger partial charge in [-0.1, -0.05) is 0 Å². The fraction of sp³-hybridized carbons (Fsp3) is 0.778. The zero-order chi connectivity index (χ0) is 14.2. The highest BCUT2D eigenvalue weighted by Gasteiger charge is 2.29. The van der Waals surface area contributed by atoms with Crippen molar-refractivity contribution in [2.45, 2.75) is 12.2 Å². The first kappa shape index (κ1) is 22.3. The van der Waals surface area contributed by atoms with E-state index in [1.165, 1.54) is 0 Å². The number of likely N-dealkylation sites (N-methyl/N-ethyl adjacent to an activating group) is 1. The maximum absolute atomic E-state index is 9.77. The van der Waals surface area contributed by atoms with E-state index in [4.69, 9.17) is 25.5 Å². The van der Waals surface area contributed by atoms with Gasteiger partial charge in [0.05, 0.1) is 27.7 Å². The number of halogens is 1. The molecule has 0 spiro atoms. The summed E-state index contributed by atoms with van der Waals surface area (Å²) in [5.74, 6) is -3.54. The molecule has 0 rings (SSSR count). The van der Waals surface area contributed by atoms with E-state index in [-0.39, 0.29) is 19.0 Å². The molecule has 0 saturated carbocycles. The zero-order valence-corrected chi connectivity index (χ0v) is 11.3. The second-order valence-corrected chi connectivity index (χ2v) is 4.30. The molecule has 2 atom stereocenters. The third-order valence-corrected chi connectivity index (χ3v) is 1.58. The molecule has 0 heterocycles. The van der Waals surface area contributed by atoms with Crippen LogP contribution in [0, 0.1) is 0 Å². The molecule has 0 aromatic carbocycles. The van der Waals surface area contributed by atoms with Gasteiger partial charge in [0.2, 0.25) is 0 Å². The third-order valence-electron chi connectivity index (χ3n) is 1.58. The average molecular weight is 291 g/mol. The molecule has 0 aromatic rings. The summed E-state index contributed by atoms with van der Waals surface area (Å²) < 4.78 is 0.844. The summed E-state index contributed by atoms with van der Waals surface area (Å²) in [6, 6.07) is 0. The number of carboxylic acid groups (broad SMARTS) is 2. The van der Waals surface area contributed by atoms with E-state index in [0.29, 0.717) is 0 Å². The molecule has 0 aromatic heterocycles. The molecule has 0 fully saturated rings. The number of aliphatic carboxylic acids is 2. The van der Waals surface area contributed by atoms with Gasteiger partial charge in [-0.2, -0.15) is 0 Å². The van der Waals surface area contributed by atoms with Crippen LogP contribution in [0.2, 0.25) is 0 Å². The number of aliphatic hydroxyl groups excluding tert-OH is 3. The van der Waals surface area contributed by atoms with Gasteiger partial charge < -0.3 is 30.0 Å². The largest absolute Gasteiger partial charge is 0.479 e. The van der Waals surface area contributed by atoms with E-state index in [2.05, 4.69) is 21.1 Å². The van der Waals surface area contributed by atoms with Gasteiger partial charge in [0, 0.05) is 0 Å². The monoisotopic (exact) mass is 290 g/mol. The Morgan fingerprint density at radius 1 is 1.00 bits per heavy atom. The Kier molecular flexibility index (Phi) is 12.4. The molecular weight excluding hydrogens is 270 g/mol. The van der Waals surface area contributed by atoms with E-state index < -0.39 is 24.1 Å². The summed E-state index contributed by atoms with van der Waals surface area (Å²) in [7, 11) is 6.16. The van der Waals surface area contributed by atoms with Crippen molar-refractivity contribution in [1.82, 2.24) is 0 Å². The Hall–Kier alpha value is -0.930. The summed E-state index contributed by atoms with van der Waals surface area (Å²) in [6.45, 7) is 1.11. The van der Waals surface area contributed by atoms with Gasteiger partial charge in [0.15, 0.2) is 12.2 Å². The second kappa shape index (κ2) is 10.0. The van der Waals surface area contributed by atoms with Crippen LogP contribution in [0.5, 0.6) is 0 Å². The van der Waals surface area contributed by atoms with Crippen LogP contribution >= 0.6 is 12.4 Å². The van der Waals surface area contributed by atoms with Crippen molar-refractivity contribution in [3.63, 3.8) is 0 Å². The third kappa shape index (κ3) is 13.1. The Labute approximate surface area is 111 Å². The fourth-order valence-corrected chi connectivity index (χ4v) is 0.570. The van der Waals surface area contributed by atoms with E-state index in [0.717, 1.165) is 11.0 Å². The van der Waals surface area contributed by atoms with Crippen molar-refractivity contribution in [3.8, 4) is 0 Å². The minimum atomic E-state index is -2.27. The van der Waals surface area contributed by atoms with Crippen molar-refractivity contribution in [2.24, 2.45) is 0 Å². The lowest BCUT2D eigenvalue weighted by Gasteiger charge is -2.21. The summed E-state index contributed by atoms with van der Waals surface area (Å²) in [4.78, 5) is 19.5. The maximum Gasteiger partial charge on any atom is 0.335 e. The topological polar surface area (TPSA) is 135 Å². The average Bonchev–Trinajstić information content (AvgIpc) is 2.14.